The van der Waals surface area contributed by atoms with Crippen molar-refractivity contribution in [1.29, 1.82) is 0 Å². The van der Waals surface area contributed by atoms with Crippen molar-refractivity contribution in [3.63, 3.8) is 0 Å². The van der Waals surface area contributed by atoms with E-state index in [9.17, 15) is 9.90 Å². The molecule has 1 amide bonds. The number of phenols is 1. The zero-order valence-corrected chi connectivity index (χ0v) is 11.5. The minimum Gasteiger partial charge on any atom is -0.508 e. The molecule has 0 aliphatic rings. The summed E-state index contributed by atoms with van der Waals surface area (Å²) < 4.78 is 5.00. The third-order valence-electron chi connectivity index (χ3n) is 2.34. The maximum Gasteiger partial charge on any atom is 0.251 e. The molecule has 1 unspecified atom stereocenters. The Balaban J connectivity index is 2.75. The van der Waals surface area contributed by atoms with Crippen LogP contribution in [0.5, 0.6) is 5.75 Å². The van der Waals surface area contributed by atoms with E-state index in [0.717, 1.165) is 5.56 Å². The standard InChI is InChI=1S/C12H16BrNO3/c1-8-5-10(15)3-4-11(8)12(16)14-9(6-13)7-17-2/h3-5,9,15H,6-7H2,1-2H3,(H,14,16). The number of aryl methyl sites for hydroxylation is 1. The lowest BCUT2D eigenvalue weighted by molar-refractivity contribution is 0.0907. The molecule has 1 atom stereocenters. The molecule has 0 saturated carbocycles. The van der Waals surface area contributed by atoms with Gasteiger partial charge in [-0.25, -0.2) is 0 Å². The Hall–Kier alpha value is -1.07. The first-order valence-electron chi connectivity index (χ1n) is 5.24. The fraction of sp³-hybridized carbons (Fsp3) is 0.417. The lowest BCUT2D eigenvalue weighted by Crippen LogP contribution is -2.39. The molecule has 17 heavy (non-hydrogen) atoms. The van der Waals surface area contributed by atoms with Gasteiger partial charge in [0.05, 0.1) is 12.6 Å². The second-order valence-electron chi connectivity index (χ2n) is 3.78. The molecule has 0 spiro atoms. The van der Waals surface area contributed by atoms with E-state index in [1.165, 1.54) is 6.07 Å². The molecule has 0 fully saturated rings. The Bertz CT molecular complexity index is 395. The molecule has 0 radical (unpaired) electrons. The Morgan fingerprint density at radius 3 is 2.82 bits per heavy atom. The van der Waals surface area contributed by atoms with Crippen molar-refractivity contribution < 1.29 is 14.6 Å². The molecular weight excluding hydrogens is 286 g/mol. The number of hydrogen-bond acceptors (Lipinski definition) is 3. The van der Waals surface area contributed by atoms with E-state index in [2.05, 4.69) is 21.2 Å². The third-order valence-corrected chi connectivity index (χ3v) is 3.13. The fourth-order valence-electron chi connectivity index (χ4n) is 1.49. The quantitative estimate of drug-likeness (QED) is 0.816. The van der Waals surface area contributed by atoms with Crippen molar-refractivity contribution in [3.8, 4) is 5.75 Å². The molecule has 1 aromatic carbocycles. The highest BCUT2D eigenvalue weighted by Gasteiger charge is 2.14. The first-order chi connectivity index (χ1) is 8.08. The molecule has 0 heterocycles. The van der Waals surface area contributed by atoms with Crippen LogP contribution in [-0.2, 0) is 4.74 Å². The summed E-state index contributed by atoms with van der Waals surface area (Å²) in [7, 11) is 1.59. The molecule has 0 aliphatic heterocycles. The van der Waals surface area contributed by atoms with E-state index in [4.69, 9.17) is 4.74 Å². The zero-order valence-electron chi connectivity index (χ0n) is 9.87. The van der Waals surface area contributed by atoms with Gasteiger partial charge >= 0.3 is 0 Å². The number of rotatable bonds is 5. The van der Waals surface area contributed by atoms with Gasteiger partial charge in [-0.05, 0) is 30.7 Å². The molecule has 5 heteroatoms. The number of carbonyl (C=O) groups excluding carboxylic acids is 1. The van der Waals surface area contributed by atoms with E-state index in [0.29, 0.717) is 17.5 Å². The number of halogens is 1. The van der Waals surface area contributed by atoms with E-state index in [1.807, 2.05) is 0 Å². The molecule has 0 aromatic heterocycles. The van der Waals surface area contributed by atoms with Crippen LogP contribution in [0.4, 0.5) is 0 Å². The molecule has 0 saturated heterocycles. The van der Waals surface area contributed by atoms with Crippen LogP contribution in [0.2, 0.25) is 0 Å². The topological polar surface area (TPSA) is 58.6 Å². The summed E-state index contributed by atoms with van der Waals surface area (Å²) in [5.41, 5.74) is 1.30. The van der Waals surface area contributed by atoms with Crippen molar-refractivity contribution in [1.82, 2.24) is 5.32 Å². The molecule has 1 aromatic rings. The number of methoxy groups -OCH3 is 1. The first kappa shape index (κ1) is 14.0. The maximum absolute atomic E-state index is 12.0. The van der Waals surface area contributed by atoms with Crippen LogP contribution in [0.3, 0.4) is 0 Å². The van der Waals surface area contributed by atoms with Crippen LogP contribution in [0.1, 0.15) is 15.9 Å². The average Bonchev–Trinajstić information content (AvgIpc) is 2.28. The van der Waals surface area contributed by atoms with Crippen LogP contribution in [0.15, 0.2) is 18.2 Å². The van der Waals surface area contributed by atoms with Gasteiger partial charge in [0.2, 0.25) is 0 Å². The predicted molar refractivity (Wildman–Crippen MR) is 69.8 cm³/mol. The number of nitrogens with one attached hydrogen (secondary N) is 1. The van der Waals surface area contributed by atoms with Crippen LogP contribution < -0.4 is 5.32 Å². The largest absolute Gasteiger partial charge is 0.508 e. The van der Waals surface area contributed by atoms with E-state index in [-0.39, 0.29) is 17.7 Å². The SMILES string of the molecule is COCC(CBr)NC(=O)c1ccc(O)cc1C. The second-order valence-corrected chi connectivity index (χ2v) is 4.43. The summed E-state index contributed by atoms with van der Waals surface area (Å²) in [6.07, 6.45) is 0. The number of benzene rings is 1. The minimum absolute atomic E-state index is 0.0688. The molecular formula is C12H16BrNO3. The van der Waals surface area contributed by atoms with Crippen molar-refractivity contribution in [2.75, 3.05) is 19.0 Å². The molecule has 94 valence electrons. The maximum atomic E-state index is 12.0. The monoisotopic (exact) mass is 301 g/mol. The highest BCUT2D eigenvalue weighted by Crippen LogP contribution is 2.15. The molecule has 2 N–H and O–H groups in total. The summed E-state index contributed by atoms with van der Waals surface area (Å²) in [6, 6.07) is 4.61. The lowest BCUT2D eigenvalue weighted by Gasteiger charge is -2.16. The van der Waals surface area contributed by atoms with Crippen LogP contribution in [0.25, 0.3) is 0 Å². The minimum atomic E-state index is -0.163. The molecule has 0 bridgehead atoms. The number of ether oxygens (including phenoxy) is 1. The summed E-state index contributed by atoms with van der Waals surface area (Å²) >= 11 is 3.31. The van der Waals surface area contributed by atoms with Gasteiger partial charge < -0.3 is 15.2 Å². The van der Waals surface area contributed by atoms with Crippen LogP contribution in [-0.4, -0.2) is 36.1 Å². The van der Waals surface area contributed by atoms with Gasteiger partial charge in [0.1, 0.15) is 5.75 Å². The summed E-state index contributed by atoms with van der Waals surface area (Å²) in [6.45, 7) is 2.24. The number of alkyl halides is 1. The van der Waals surface area contributed by atoms with Gasteiger partial charge in [0.15, 0.2) is 0 Å². The summed E-state index contributed by atoms with van der Waals surface area (Å²) in [4.78, 5) is 12.0. The van der Waals surface area contributed by atoms with Gasteiger partial charge in [0, 0.05) is 18.0 Å². The van der Waals surface area contributed by atoms with Gasteiger partial charge in [0.25, 0.3) is 5.91 Å². The Morgan fingerprint density at radius 1 is 1.59 bits per heavy atom. The lowest BCUT2D eigenvalue weighted by atomic mass is 10.1. The highest BCUT2D eigenvalue weighted by atomic mass is 79.9. The van der Waals surface area contributed by atoms with Crippen molar-refractivity contribution >= 4 is 21.8 Å². The third kappa shape index (κ3) is 4.02. The Morgan fingerprint density at radius 2 is 2.29 bits per heavy atom. The highest BCUT2D eigenvalue weighted by molar-refractivity contribution is 9.09. The van der Waals surface area contributed by atoms with Gasteiger partial charge in [-0.2, -0.15) is 0 Å². The van der Waals surface area contributed by atoms with E-state index < -0.39 is 0 Å². The van der Waals surface area contributed by atoms with Gasteiger partial charge in [-0.3, -0.25) is 4.79 Å². The van der Waals surface area contributed by atoms with Gasteiger partial charge in [-0.15, -0.1) is 0 Å². The molecule has 1 rings (SSSR count). The Kier molecular flexibility index (Phi) is 5.44. The number of phenolic OH excluding ortho intramolecular Hbond substituents is 1. The number of hydrogen-bond donors (Lipinski definition) is 2. The van der Waals surface area contributed by atoms with E-state index >= 15 is 0 Å². The average molecular weight is 302 g/mol. The normalized spacial score (nSPS) is 12.2. The fourth-order valence-corrected chi connectivity index (χ4v) is 1.84. The number of carbonyl (C=O) groups is 1. The number of amides is 1. The molecule has 4 nitrogen and oxygen atoms in total. The van der Waals surface area contributed by atoms with Crippen molar-refractivity contribution in [2.24, 2.45) is 0 Å². The first-order valence-corrected chi connectivity index (χ1v) is 6.36. The van der Waals surface area contributed by atoms with Crippen LogP contribution >= 0.6 is 15.9 Å². The number of aromatic hydroxyl groups is 1. The molecule has 0 aliphatic carbocycles. The second kappa shape index (κ2) is 6.61. The van der Waals surface area contributed by atoms with E-state index in [1.54, 1.807) is 26.2 Å². The van der Waals surface area contributed by atoms with Crippen molar-refractivity contribution in [3.05, 3.63) is 29.3 Å². The summed E-state index contributed by atoms with van der Waals surface area (Å²) in [5, 5.41) is 12.8. The zero-order chi connectivity index (χ0) is 12.8. The summed E-state index contributed by atoms with van der Waals surface area (Å²) in [5.74, 6) is -0.00279. The van der Waals surface area contributed by atoms with Gasteiger partial charge in [-0.1, -0.05) is 15.9 Å². The smallest absolute Gasteiger partial charge is 0.251 e. The van der Waals surface area contributed by atoms with Crippen LogP contribution in [0, 0.1) is 6.92 Å². The van der Waals surface area contributed by atoms with Crippen molar-refractivity contribution in [2.45, 2.75) is 13.0 Å². The Labute approximate surface area is 109 Å². The predicted octanol–water partition coefficient (Wildman–Crippen LogP) is 1.84.